The molecule has 0 bridgehead atoms. The molecule has 1 aromatic carbocycles. The van der Waals surface area contributed by atoms with E-state index in [2.05, 4.69) is 33.1 Å². The zero-order valence-electron chi connectivity index (χ0n) is 18.3. The van der Waals surface area contributed by atoms with E-state index in [1.54, 1.807) is 0 Å². The van der Waals surface area contributed by atoms with Crippen LogP contribution in [0.3, 0.4) is 0 Å². The number of nitrogens with zero attached hydrogens (tertiary/aromatic N) is 2. The van der Waals surface area contributed by atoms with Gasteiger partial charge in [0.25, 0.3) is 0 Å². The van der Waals surface area contributed by atoms with Gasteiger partial charge < -0.3 is 15.6 Å². The summed E-state index contributed by atoms with van der Waals surface area (Å²) in [6.07, 6.45) is 11.5. The van der Waals surface area contributed by atoms with E-state index in [0.29, 0.717) is 30.2 Å². The number of carbonyl (C=O) groups is 1. The Bertz CT molecular complexity index is 894. The van der Waals surface area contributed by atoms with Crippen molar-refractivity contribution >= 4 is 22.6 Å². The molecule has 2 aliphatic rings. The fourth-order valence-corrected chi connectivity index (χ4v) is 5.28. The summed E-state index contributed by atoms with van der Waals surface area (Å²) in [6, 6.07) is 8.86. The molecular weight excluding hydrogens is 372 g/mol. The van der Waals surface area contributed by atoms with Crippen molar-refractivity contribution in [2.75, 3.05) is 13.1 Å². The van der Waals surface area contributed by atoms with E-state index in [1.807, 2.05) is 13.0 Å². The molecule has 5 heteroatoms. The number of aliphatic imine (C=N–C) groups is 1. The van der Waals surface area contributed by atoms with E-state index < -0.39 is 0 Å². The first-order valence-electron chi connectivity index (χ1n) is 11.9. The first kappa shape index (κ1) is 21.0. The zero-order valence-corrected chi connectivity index (χ0v) is 18.3. The number of hydrogen-bond donors (Lipinski definition) is 2. The summed E-state index contributed by atoms with van der Waals surface area (Å²) in [6.45, 7) is 3.63. The van der Waals surface area contributed by atoms with Gasteiger partial charge in [-0.25, -0.2) is 0 Å². The second-order valence-corrected chi connectivity index (χ2v) is 9.09. The van der Waals surface area contributed by atoms with Gasteiger partial charge in [-0.05, 0) is 68.9 Å². The molecule has 30 heavy (non-hydrogen) atoms. The summed E-state index contributed by atoms with van der Waals surface area (Å²) in [5.74, 6) is 1.61. The maximum Gasteiger partial charge on any atom is 0.223 e. The zero-order chi connectivity index (χ0) is 20.9. The molecule has 162 valence electrons. The quantitative estimate of drug-likeness (QED) is 0.511. The summed E-state index contributed by atoms with van der Waals surface area (Å²) in [5.41, 5.74) is 9.36. The number of aromatic amines is 1. The van der Waals surface area contributed by atoms with Crippen LogP contribution >= 0.6 is 0 Å². The summed E-state index contributed by atoms with van der Waals surface area (Å²) in [4.78, 5) is 23.0. The van der Waals surface area contributed by atoms with Gasteiger partial charge in [-0.3, -0.25) is 9.79 Å². The van der Waals surface area contributed by atoms with Crippen molar-refractivity contribution in [2.24, 2.45) is 16.6 Å². The Kier molecular flexibility index (Phi) is 6.76. The summed E-state index contributed by atoms with van der Waals surface area (Å²) >= 11 is 0. The number of fused-ring (bicyclic) bond motifs is 1. The van der Waals surface area contributed by atoms with Crippen LogP contribution in [-0.4, -0.2) is 40.8 Å². The fourth-order valence-electron chi connectivity index (χ4n) is 5.28. The Hall–Kier alpha value is -2.30. The lowest BCUT2D eigenvalue weighted by Gasteiger charge is -2.28. The van der Waals surface area contributed by atoms with Gasteiger partial charge >= 0.3 is 0 Å². The van der Waals surface area contributed by atoms with Crippen LogP contribution in [0.4, 0.5) is 0 Å². The molecular formula is C25H36N4O. The number of H-pyrrole nitrogens is 1. The maximum atomic E-state index is 12.9. The predicted octanol–water partition coefficient (Wildman–Crippen LogP) is 4.79. The minimum absolute atomic E-state index is 0.399. The standard InChI is InChI=1S/C25H36N4O/c1-2-27-25(26)20-11-10-19-16-21(28-23(19)17-20)12-13-22-9-6-14-29(22)24(30)15-18-7-4-3-5-8-18/h10-11,16-18,22,28H,2-9,12-15H2,1H3,(H2,26,27)/t22-/m0/s1. The van der Waals surface area contributed by atoms with E-state index in [9.17, 15) is 4.79 Å². The largest absolute Gasteiger partial charge is 0.384 e. The Balaban J connectivity index is 1.36. The van der Waals surface area contributed by atoms with E-state index >= 15 is 0 Å². The highest BCUT2D eigenvalue weighted by atomic mass is 16.2. The third-order valence-electron chi connectivity index (χ3n) is 6.93. The molecule has 1 saturated heterocycles. The van der Waals surface area contributed by atoms with Gasteiger partial charge in [0, 0.05) is 42.3 Å². The number of nitrogens with one attached hydrogen (secondary N) is 1. The van der Waals surface area contributed by atoms with Crippen molar-refractivity contribution in [1.29, 1.82) is 0 Å². The number of aromatic nitrogens is 1. The molecule has 1 aromatic heterocycles. The Morgan fingerprint density at radius 3 is 2.80 bits per heavy atom. The lowest BCUT2D eigenvalue weighted by Crippen LogP contribution is -2.37. The van der Waals surface area contributed by atoms with Crippen LogP contribution in [0.1, 0.15) is 76.0 Å². The number of carbonyl (C=O) groups excluding carboxylic acids is 1. The number of likely N-dealkylation sites (tertiary alicyclic amines) is 1. The normalized spacial score (nSPS) is 20.9. The smallest absolute Gasteiger partial charge is 0.223 e. The van der Waals surface area contributed by atoms with Gasteiger partial charge in [0.1, 0.15) is 5.84 Å². The van der Waals surface area contributed by atoms with Crippen molar-refractivity contribution < 1.29 is 4.79 Å². The molecule has 0 unspecified atom stereocenters. The number of amidine groups is 1. The van der Waals surface area contributed by atoms with Crippen LogP contribution in [0.2, 0.25) is 0 Å². The minimum atomic E-state index is 0.399. The average molecular weight is 409 g/mol. The van der Waals surface area contributed by atoms with Crippen molar-refractivity contribution in [3.8, 4) is 0 Å². The highest BCUT2D eigenvalue weighted by molar-refractivity contribution is 6.00. The lowest BCUT2D eigenvalue weighted by atomic mass is 9.86. The molecule has 2 aromatic rings. The van der Waals surface area contributed by atoms with Crippen LogP contribution in [0.5, 0.6) is 0 Å². The monoisotopic (exact) mass is 408 g/mol. The minimum Gasteiger partial charge on any atom is -0.384 e. The molecule has 0 spiro atoms. The van der Waals surface area contributed by atoms with E-state index in [0.717, 1.165) is 49.7 Å². The lowest BCUT2D eigenvalue weighted by molar-refractivity contribution is -0.133. The molecule has 1 amide bonds. The molecule has 4 rings (SSSR count). The van der Waals surface area contributed by atoms with Crippen molar-refractivity contribution in [1.82, 2.24) is 9.88 Å². The Labute approximate surface area is 180 Å². The molecule has 1 saturated carbocycles. The Morgan fingerprint density at radius 2 is 2.00 bits per heavy atom. The number of benzene rings is 1. The second kappa shape index (κ2) is 9.67. The molecule has 5 nitrogen and oxygen atoms in total. The predicted molar refractivity (Wildman–Crippen MR) is 124 cm³/mol. The number of hydrogen-bond acceptors (Lipinski definition) is 2. The first-order valence-corrected chi connectivity index (χ1v) is 11.9. The molecule has 1 atom stereocenters. The highest BCUT2D eigenvalue weighted by Gasteiger charge is 2.30. The van der Waals surface area contributed by atoms with Crippen LogP contribution < -0.4 is 5.73 Å². The molecule has 2 heterocycles. The van der Waals surface area contributed by atoms with E-state index in [1.165, 1.54) is 43.2 Å². The van der Waals surface area contributed by atoms with Gasteiger partial charge in [-0.15, -0.1) is 0 Å². The van der Waals surface area contributed by atoms with Crippen LogP contribution in [-0.2, 0) is 11.2 Å². The highest BCUT2D eigenvalue weighted by Crippen LogP contribution is 2.29. The van der Waals surface area contributed by atoms with Gasteiger partial charge in [-0.1, -0.05) is 31.4 Å². The number of nitrogens with two attached hydrogens (primary N) is 1. The van der Waals surface area contributed by atoms with Gasteiger partial charge in [0.05, 0.1) is 0 Å². The van der Waals surface area contributed by atoms with Gasteiger partial charge in [0.2, 0.25) is 5.91 Å². The third kappa shape index (κ3) is 4.88. The number of amides is 1. The third-order valence-corrected chi connectivity index (χ3v) is 6.93. The van der Waals surface area contributed by atoms with Crippen LogP contribution in [0.15, 0.2) is 29.3 Å². The van der Waals surface area contributed by atoms with Crippen LogP contribution in [0, 0.1) is 5.92 Å². The van der Waals surface area contributed by atoms with Crippen molar-refractivity contribution in [3.63, 3.8) is 0 Å². The van der Waals surface area contributed by atoms with E-state index in [4.69, 9.17) is 5.73 Å². The van der Waals surface area contributed by atoms with Crippen molar-refractivity contribution in [2.45, 2.75) is 77.2 Å². The fraction of sp³-hybridized carbons (Fsp3) is 0.600. The molecule has 1 aliphatic carbocycles. The van der Waals surface area contributed by atoms with E-state index in [-0.39, 0.29) is 0 Å². The number of rotatable bonds is 7. The SMILES string of the molecule is CCN=C(N)c1ccc2cc(CC[C@@H]3CCCN3C(=O)CC3CCCCC3)[nH]c2c1. The van der Waals surface area contributed by atoms with Gasteiger partial charge in [-0.2, -0.15) is 0 Å². The Morgan fingerprint density at radius 1 is 1.17 bits per heavy atom. The molecule has 2 fully saturated rings. The molecule has 0 radical (unpaired) electrons. The summed E-state index contributed by atoms with van der Waals surface area (Å²) in [7, 11) is 0. The summed E-state index contributed by atoms with van der Waals surface area (Å²) in [5, 5.41) is 1.20. The van der Waals surface area contributed by atoms with Crippen LogP contribution in [0.25, 0.3) is 10.9 Å². The summed E-state index contributed by atoms with van der Waals surface area (Å²) < 4.78 is 0. The molecule has 1 aliphatic heterocycles. The average Bonchev–Trinajstić information content (AvgIpc) is 3.39. The van der Waals surface area contributed by atoms with Gasteiger partial charge in [0.15, 0.2) is 0 Å². The number of aryl methyl sites for hydroxylation is 1. The molecule has 3 N–H and O–H groups in total. The first-order chi connectivity index (χ1) is 14.6. The second-order valence-electron chi connectivity index (χ2n) is 9.09. The topological polar surface area (TPSA) is 74.5 Å². The maximum absolute atomic E-state index is 12.9. The van der Waals surface area contributed by atoms with Crippen molar-refractivity contribution in [3.05, 3.63) is 35.5 Å².